The number of hydrogen-bond donors (Lipinski definition) is 3. The Morgan fingerprint density at radius 1 is 1.40 bits per heavy atom. The first-order valence-corrected chi connectivity index (χ1v) is 7.10. The molecule has 1 aromatic carbocycles. The van der Waals surface area contributed by atoms with Gasteiger partial charge in [-0.3, -0.25) is 4.79 Å². The van der Waals surface area contributed by atoms with E-state index in [2.05, 4.69) is 6.92 Å². The first-order valence-electron chi connectivity index (χ1n) is 7.10. The van der Waals surface area contributed by atoms with Crippen molar-refractivity contribution in [1.29, 1.82) is 0 Å². The molecule has 1 saturated heterocycles. The number of likely N-dealkylation sites (tertiary alicyclic amines) is 1. The van der Waals surface area contributed by atoms with Crippen LogP contribution in [-0.2, 0) is 0 Å². The summed E-state index contributed by atoms with van der Waals surface area (Å²) < 4.78 is 0. The Labute approximate surface area is 119 Å². The predicted molar refractivity (Wildman–Crippen MR) is 76.7 cm³/mol. The number of amides is 1. The lowest BCUT2D eigenvalue weighted by Crippen LogP contribution is -2.49. The highest BCUT2D eigenvalue weighted by Gasteiger charge is 2.32. The van der Waals surface area contributed by atoms with Crippen molar-refractivity contribution in [2.24, 2.45) is 11.7 Å². The van der Waals surface area contributed by atoms with E-state index in [4.69, 9.17) is 5.73 Å². The highest BCUT2D eigenvalue weighted by Crippen LogP contribution is 2.31. The van der Waals surface area contributed by atoms with Crippen LogP contribution in [0.3, 0.4) is 0 Å². The molecule has 1 fully saturated rings. The predicted octanol–water partition coefficient (Wildman–Crippen LogP) is 1.69. The van der Waals surface area contributed by atoms with Crippen LogP contribution in [0.5, 0.6) is 11.5 Å². The van der Waals surface area contributed by atoms with Crippen LogP contribution < -0.4 is 5.73 Å². The van der Waals surface area contributed by atoms with Gasteiger partial charge in [-0.25, -0.2) is 0 Å². The number of benzene rings is 1. The molecule has 0 spiro atoms. The van der Waals surface area contributed by atoms with E-state index in [1.165, 1.54) is 18.2 Å². The van der Waals surface area contributed by atoms with Crippen molar-refractivity contribution in [3.05, 3.63) is 23.8 Å². The fourth-order valence-electron chi connectivity index (χ4n) is 2.89. The fraction of sp³-hybridized carbons (Fsp3) is 0.533. The lowest BCUT2D eigenvalue weighted by atomic mass is 9.88. The van der Waals surface area contributed by atoms with Gasteiger partial charge in [-0.05, 0) is 30.9 Å². The van der Waals surface area contributed by atoms with Gasteiger partial charge in [-0.1, -0.05) is 19.4 Å². The molecule has 1 amide bonds. The molecule has 0 bridgehead atoms. The van der Waals surface area contributed by atoms with Crippen LogP contribution in [0, 0.1) is 5.92 Å². The Bertz CT molecular complexity index is 470. The van der Waals surface area contributed by atoms with Gasteiger partial charge in [0.05, 0.1) is 0 Å². The van der Waals surface area contributed by atoms with Gasteiger partial charge in [0, 0.05) is 19.1 Å². The van der Waals surface area contributed by atoms with Gasteiger partial charge < -0.3 is 20.8 Å². The molecule has 0 saturated carbocycles. The van der Waals surface area contributed by atoms with Gasteiger partial charge in [0.2, 0.25) is 0 Å². The van der Waals surface area contributed by atoms with E-state index in [1.807, 2.05) is 0 Å². The molecule has 0 aromatic heterocycles. The summed E-state index contributed by atoms with van der Waals surface area (Å²) in [5, 5.41) is 19.6. The molecular weight excluding hydrogens is 256 g/mol. The van der Waals surface area contributed by atoms with Crippen molar-refractivity contribution in [1.82, 2.24) is 4.90 Å². The summed E-state index contributed by atoms with van der Waals surface area (Å²) in [4.78, 5) is 14.2. The summed E-state index contributed by atoms with van der Waals surface area (Å²) in [5.41, 5.74) is 5.76. The number of hydrogen-bond acceptors (Lipinski definition) is 4. The second-order valence-corrected chi connectivity index (χ2v) is 5.36. The standard InChI is InChI=1S/C15H22N2O3/c1-2-10-6-7-17(11(8-10)9-16)15(20)14-12(18)4-3-5-13(14)19/h3-5,10-11,18-19H,2,6-9,16H2,1H3. The molecule has 4 N–H and O–H groups in total. The van der Waals surface area contributed by atoms with E-state index in [-0.39, 0.29) is 29.0 Å². The summed E-state index contributed by atoms with van der Waals surface area (Å²) >= 11 is 0. The van der Waals surface area contributed by atoms with Crippen molar-refractivity contribution in [3.63, 3.8) is 0 Å². The van der Waals surface area contributed by atoms with Gasteiger partial charge in [0.25, 0.3) is 5.91 Å². The van der Waals surface area contributed by atoms with Crippen molar-refractivity contribution < 1.29 is 15.0 Å². The maximum Gasteiger partial charge on any atom is 0.261 e. The van der Waals surface area contributed by atoms with E-state index in [0.717, 1.165) is 19.3 Å². The third-order valence-electron chi connectivity index (χ3n) is 4.17. The molecule has 0 radical (unpaired) electrons. The Morgan fingerprint density at radius 2 is 2.05 bits per heavy atom. The quantitative estimate of drug-likeness (QED) is 0.785. The van der Waals surface area contributed by atoms with Crippen molar-refractivity contribution in [2.45, 2.75) is 32.2 Å². The van der Waals surface area contributed by atoms with Gasteiger partial charge in [-0.15, -0.1) is 0 Å². The lowest BCUT2D eigenvalue weighted by Gasteiger charge is -2.39. The molecular formula is C15H22N2O3. The third-order valence-corrected chi connectivity index (χ3v) is 4.17. The lowest BCUT2D eigenvalue weighted by molar-refractivity contribution is 0.0552. The van der Waals surface area contributed by atoms with E-state index < -0.39 is 0 Å². The van der Waals surface area contributed by atoms with Gasteiger partial charge in [0.1, 0.15) is 17.1 Å². The molecule has 5 nitrogen and oxygen atoms in total. The number of piperidine rings is 1. The molecule has 2 rings (SSSR count). The number of phenols is 2. The average molecular weight is 278 g/mol. The number of carbonyl (C=O) groups is 1. The Kier molecular flexibility index (Phi) is 4.49. The zero-order valence-corrected chi connectivity index (χ0v) is 11.7. The summed E-state index contributed by atoms with van der Waals surface area (Å²) in [6, 6.07) is 4.29. The minimum Gasteiger partial charge on any atom is -0.507 e. The van der Waals surface area contributed by atoms with Crippen LogP contribution in [0.1, 0.15) is 36.5 Å². The van der Waals surface area contributed by atoms with Crippen LogP contribution in [0.15, 0.2) is 18.2 Å². The van der Waals surface area contributed by atoms with Crippen LogP contribution in [-0.4, -0.2) is 40.2 Å². The van der Waals surface area contributed by atoms with Gasteiger partial charge in [-0.2, -0.15) is 0 Å². The zero-order chi connectivity index (χ0) is 14.7. The summed E-state index contributed by atoms with van der Waals surface area (Å²) in [6.07, 6.45) is 2.90. The molecule has 20 heavy (non-hydrogen) atoms. The molecule has 2 atom stereocenters. The van der Waals surface area contributed by atoms with Crippen LogP contribution >= 0.6 is 0 Å². The SMILES string of the molecule is CCC1CCN(C(=O)c2c(O)cccc2O)C(CN)C1. The number of carbonyl (C=O) groups excluding carboxylic acids is 1. The molecule has 5 heteroatoms. The Morgan fingerprint density at radius 3 is 2.60 bits per heavy atom. The first kappa shape index (κ1) is 14.7. The average Bonchev–Trinajstić information content (AvgIpc) is 2.46. The highest BCUT2D eigenvalue weighted by atomic mass is 16.3. The highest BCUT2D eigenvalue weighted by molar-refractivity contribution is 5.99. The topological polar surface area (TPSA) is 86.8 Å². The van der Waals surface area contributed by atoms with Crippen molar-refractivity contribution in [3.8, 4) is 11.5 Å². The monoisotopic (exact) mass is 278 g/mol. The number of phenolic OH excluding ortho intramolecular Hbond substituents is 2. The van der Waals surface area contributed by atoms with Gasteiger partial charge in [0.15, 0.2) is 0 Å². The number of nitrogens with two attached hydrogens (primary N) is 1. The van der Waals surface area contributed by atoms with E-state index >= 15 is 0 Å². The van der Waals surface area contributed by atoms with Crippen LogP contribution in [0.4, 0.5) is 0 Å². The Balaban J connectivity index is 2.24. The molecule has 110 valence electrons. The molecule has 2 unspecified atom stereocenters. The normalized spacial score (nSPS) is 22.8. The van der Waals surface area contributed by atoms with Gasteiger partial charge >= 0.3 is 0 Å². The zero-order valence-electron chi connectivity index (χ0n) is 11.7. The third kappa shape index (κ3) is 2.72. The Hall–Kier alpha value is -1.75. The molecule has 1 aliphatic rings. The van der Waals surface area contributed by atoms with Crippen molar-refractivity contribution in [2.75, 3.05) is 13.1 Å². The smallest absolute Gasteiger partial charge is 0.261 e. The largest absolute Gasteiger partial charge is 0.507 e. The second-order valence-electron chi connectivity index (χ2n) is 5.36. The van der Waals surface area contributed by atoms with Crippen molar-refractivity contribution >= 4 is 5.91 Å². The maximum atomic E-state index is 12.6. The second kappa shape index (κ2) is 6.13. The number of nitrogens with zero attached hydrogens (tertiary/aromatic N) is 1. The first-order chi connectivity index (χ1) is 9.58. The van der Waals surface area contributed by atoms with Crippen LogP contribution in [0.2, 0.25) is 0 Å². The van der Waals surface area contributed by atoms with Crippen LogP contribution in [0.25, 0.3) is 0 Å². The summed E-state index contributed by atoms with van der Waals surface area (Å²) in [5.74, 6) is -0.136. The number of aromatic hydroxyl groups is 2. The molecule has 1 heterocycles. The molecule has 1 aliphatic heterocycles. The molecule has 1 aromatic rings. The minimum absolute atomic E-state index is 0.0269. The van der Waals surface area contributed by atoms with E-state index in [1.54, 1.807) is 4.90 Å². The summed E-state index contributed by atoms with van der Waals surface area (Å²) in [6.45, 7) is 3.16. The fourth-order valence-corrected chi connectivity index (χ4v) is 2.89. The van der Waals surface area contributed by atoms with E-state index in [9.17, 15) is 15.0 Å². The maximum absolute atomic E-state index is 12.6. The number of rotatable bonds is 3. The van der Waals surface area contributed by atoms with E-state index in [0.29, 0.717) is 19.0 Å². The minimum atomic E-state index is -0.342. The molecule has 0 aliphatic carbocycles. The summed E-state index contributed by atoms with van der Waals surface area (Å²) in [7, 11) is 0.